The normalized spacial score (nSPS) is 10.5. The molecule has 3 heterocycles. The smallest absolute Gasteiger partial charge is 0.255 e. The standard InChI is InChI=1S/C28H22N6O2/c1-19-4-5-20(17-26(19)34-27-24(3-2-13-31-27)25-12-16-30-18-32-25)28(35)33-21-6-8-22(9-7-21)36-23-10-14-29-15-11-23/h2-18H,1H3,(H,31,34)(H,33,35). The number of carbonyl (C=O) groups excluding carboxylic acids is 1. The summed E-state index contributed by atoms with van der Waals surface area (Å²) in [5.74, 6) is 1.77. The Hall–Kier alpha value is -5.11. The maximum atomic E-state index is 13.0. The minimum Gasteiger partial charge on any atom is -0.457 e. The molecule has 0 saturated carbocycles. The van der Waals surface area contributed by atoms with Crippen LogP contribution in [0.25, 0.3) is 11.3 Å². The van der Waals surface area contributed by atoms with Gasteiger partial charge in [-0.3, -0.25) is 9.78 Å². The van der Waals surface area contributed by atoms with Crippen LogP contribution in [-0.4, -0.2) is 25.8 Å². The van der Waals surface area contributed by atoms with Crippen molar-refractivity contribution < 1.29 is 9.53 Å². The van der Waals surface area contributed by atoms with Gasteiger partial charge in [-0.1, -0.05) is 6.07 Å². The zero-order valence-electron chi connectivity index (χ0n) is 19.4. The number of aromatic nitrogens is 4. The van der Waals surface area contributed by atoms with Crippen molar-refractivity contribution in [1.82, 2.24) is 19.9 Å². The molecule has 36 heavy (non-hydrogen) atoms. The monoisotopic (exact) mass is 474 g/mol. The van der Waals surface area contributed by atoms with Crippen molar-refractivity contribution in [3.05, 3.63) is 115 Å². The lowest BCUT2D eigenvalue weighted by Gasteiger charge is -2.14. The molecule has 0 atom stereocenters. The Bertz CT molecular complexity index is 1480. The number of rotatable bonds is 7. The van der Waals surface area contributed by atoms with E-state index < -0.39 is 0 Å². The topological polar surface area (TPSA) is 102 Å². The van der Waals surface area contributed by atoms with Crippen molar-refractivity contribution in [2.24, 2.45) is 0 Å². The van der Waals surface area contributed by atoms with E-state index in [-0.39, 0.29) is 5.91 Å². The largest absolute Gasteiger partial charge is 0.457 e. The van der Waals surface area contributed by atoms with Gasteiger partial charge in [0.1, 0.15) is 23.6 Å². The van der Waals surface area contributed by atoms with Crippen LogP contribution in [0.3, 0.4) is 0 Å². The summed E-state index contributed by atoms with van der Waals surface area (Å²) in [5.41, 5.74) is 4.51. The second kappa shape index (κ2) is 10.4. The molecule has 0 aliphatic heterocycles. The number of pyridine rings is 2. The third kappa shape index (κ3) is 5.34. The van der Waals surface area contributed by atoms with Gasteiger partial charge in [-0.2, -0.15) is 0 Å². The highest BCUT2D eigenvalue weighted by molar-refractivity contribution is 6.05. The Labute approximate surface area is 208 Å². The number of aryl methyl sites for hydroxylation is 1. The zero-order chi connectivity index (χ0) is 24.7. The SMILES string of the molecule is Cc1ccc(C(=O)Nc2ccc(Oc3ccncc3)cc2)cc1Nc1ncccc1-c1ccncn1. The van der Waals surface area contributed by atoms with Crippen LogP contribution in [0.4, 0.5) is 17.2 Å². The van der Waals surface area contributed by atoms with E-state index in [4.69, 9.17) is 4.74 Å². The lowest BCUT2D eigenvalue weighted by Crippen LogP contribution is -2.12. The van der Waals surface area contributed by atoms with E-state index >= 15 is 0 Å². The van der Waals surface area contributed by atoms with Crippen LogP contribution >= 0.6 is 0 Å². The predicted octanol–water partition coefficient (Wildman–Crippen LogP) is 6.03. The van der Waals surface area contributed by atoms with E-state index in [1.54, 1.807) is 67.3 Å². The van der Waals surface area contributed by atoms with Gasteiger partial charge >= 0.3 is 0 Å². The minimum absolute atomic E-state index is 0.224. The first kappa shape index (κ1) is 22.7. The molecule has 0 saturated heterocycles. The quantitative estimate of drug-likeness (QED) is 0.297. The lowest BCUT2D eigenvalue weighted by atomic mass is 10.1. The molecule has 5 rings (SSSR count). The van der Waals surface area contributed by atoms with Crippen LogP contribution in [0.15, 0.2) is 104 Å². The number of nitrogens with one attached hydrogen (secondary N) is 2. The van der Waals surface area contributed by atoms with E-state index in [9.17, 15) is 4.79 Å². The highest BCUT2D eigenvalue weighted by Gasteiger charge is 2.12. The number of carbonyl (C=O) groups is 1. The Morgan fingerprint density at radius 2 is 1.58 bits per heavy atom. The first-order valence-corrected chi connectivity index (χ1v) is 11.2. The fraction of sp³-hybridized carbons (Fsp3) is 0.0357. The number of benzene rings is 2. The summed E-state index contributed by atoms with van der Waals surface area (Å²) < 4.78 is 5.78. The number of hydrogen-bond donors (Lipinski definition) is 2. The van der Waals surface area contributed by atoms with Gasteiger partial charge in [0.25, 0.3) is 5.91 Å². The van der Waals surface area contributed by atoms with Crippen LogP contribution in [0.5, 0.6) is 11.5 Å². The lowest BCUT2D eigenvalue weighted by molar-refractivity contribution is 0.102. The van der Waals surface area contributed by atoms with E-state index in [1.807, 2.05) is 37.3 Å². The van der Waals surface area contributed by atoms with Crippen LogP contribution in [0.2, 0.25) is 0 Å². The van der Waals surface area contributed by atoms with Gasteiger partial charge in [-0.25, -0.2) is 15.0 Å². The highest BCUT2D eigenvalue weighted by Crippen LogP contribution is 2.29. The van der Waals surface area contributed by atoms with Crippen molar-refractivity contribution in [2.75, 3.05) is 10.6 Å². The molecule has 0 aliphatic rings. The Morgan fingerprint density at radius 3 is 2.36 bits per heavy atom. The van der Waals surface area contributed by atoms with E-state index in [0.29, 0.717) is 28.6 Å². The molecule has 0 bridgehead atoms. The average Bonchev–Trinajstić information content (AvgIpc) is 2.92. The summed E-state index contributed by atoms with van der Waals surface area (Å²) in [7, 11) is 0. The van der Waals surface area contributed by atoms with Crippen LogP contribution in [0.1, 0.15) is 15.9 Å². The van der Waals surface area contributed by atoms with Gasteiger partial charge in [0.05, 0.1) is 5.69 Å². The van der Waals surface area contributed by atoms with E-state index in [0.717, 1.165) is 22.5 Å². The third-order valence-electron chi connectivity index (χ3n) is 5.42. The van der Waals surface area contributed by atoms with E-state index in [1.165, 1.54) is 6.33 Å². The molecule has 176 valence electrons. The van der Waals surface area contributed by atoms with Crippen molar-refractivity contribution in [3.63, 3.8) is 0 Å². The summed E-state index contributed by atoms with van der Waals surface area (Å²) >= 11 is 0. The van der Waals surface area contributed by atoms with Gasteiger partial charge < -0.3 is 15.4 Å². The van der Waals surface area contributed by atoms with Crippen molar-refractivity contribution in [2.45, 2.75) is 6.92 Å². The minimum atomic E-state index is -0.224. The number of anilines is 3. The van der Waals surface area contributed by atoms with Crippen molar-refractivity contribution in [3.8, 4) is 22.8 Å². The first-order chi connectivity index (χ1) is 17.7. The fourth-order valence-electron chi connectivity index (χ4n) is 3.54. The number of nitrogens with zero attached hydrogens (tertiary/aromatic N) is 4. The summed E-state index contributed by atoms with van der Waals surface area (Å²) in [6.07, 6.45) is 8.23. The second-order valence-electron chi connectivity index (χ2n) is 7.91. The number of amides is 1. The number of hydrogen-bond acceptors (Lipinski definition) is 7. The molecule has 2 N–H and O–H groups in total. The molecule has 8 heteroatoms. The van der Waals surface area contributed by atoms with Crippen LogP contribution < -0.4 is 15.4 Å². The summed E-state index contributed by atoms with van der Waals surface area (Å²) in [6.45, 7) is 1.97. The molecular formula is C28H22N6O2. The second-order valence-corrected chi connectivity index (χ2v) is 7.91. The van der Waals surface area contributed by atoms with Gasteiger partial charge in [-0.15, -0.1) is 0 Å². The predicted molar refractivity (Wildman–Crippen MR) is 138 cm³/mol. The molecule has 0 radical (unpaired) electrons. The summed E-state index contributed by atoms with van der Waals surface area (Å²) in [6, 6.07) is 21.9. The Kier molecular flexibility index (Phi) is 6.57. The molecule has 5 aromatic rings. The highest BCUT2D eigenvalue weighted by atomic mass is 16.5. The maximum absolute atomic E-state index is 13.0. The summed E-state index contributed by atoms with van der Waals surface area (Å²) in [4.78, 5) is 29.8. The molecule has 0 aliphatic carbocycles. The molecule has 0 spiro atoms. The van der Waals surface area contributed by atoms with Crippen LogP contribution in [0, 0.1) is 6.92 Å². The van der Waals surface area contributed by atoms with E-state index in [2.05, 4.69) is 30.6 Å². The summed E-state index contributed by atoms with van der Waals surface area (Å²) in [5, 5.41) is 6.29. The number of ether oxygens (including phenoxy) is 1. The molecule has 1 amide bonds. The third-order valence-corrected chi connectivity index (χ3v) is 5.42. The molecule has 0 fully saturated rings. The zero-order valence-corrected chi connectivity index (χ0v) is 19.4. The first-order valence-electron chi connectivity index (χ1n) is 11.2. The van der Waals surface area contributed by atoms with Crippen LogP contribution in [-0.2, 0) is 0 Å². The van der Waals surface area contributed by atoms with Crippen molar-refractivity contribution >= 4 is 23.1 Å². The van der Waals surface area contributed by atoms with Crippen molar-refractivity contribution in [1.29, 1.82) is 0 Å². The Morgan fingerprint density at radius 1 is 0.806 bits per heavy atom. The Balaban J connectivity index is 1.31. The molecular weight excluding hydrogens is 452 g/mol. The van der Waals surface area contributed by atoms with Gasteiger partial charge in [0, 0.05) is 47.3 Å². The average molecular weight is 475 g/mol. The molecule has 3 aromatic heterocycles. The van der Waals surface area contributed by atoms with Gasteiger partial charge in [0.15, 0.2) is 0 Å². The maximum Gasteiger partial charge on any atom is 0.255 e. The van der Waals surface area contributed by atoms with Gasteiger partial charge in [-0.05, 0) is 79.2 Å². The molecule has 8 nitrogen and oxygen atoms in total. The van der Waals surface area contributed by atoms with Gasteiger partial charge in [0.2, 0.25) is 0 Å². The fourth-order valence-corrected chi connectivity index (χ4v) is 3.54. The molecule has 0 unspecified atom stereocenters. The molecule has 2 aromatic carbocycles.